The number of carboxylic acids is 1. The van der Waals surface area contributed by atoms with Crippen molar-refractivity contribution in [2.75, 3.05) is 26.3 Å². The Bertz CT molecular complexity index is 743. The van der Waals surface area contributed by atoms with Gasteiger partial charge >= 0.3 is 5.97 Å². The van der Waals surface area contributed by atoms with Crippen molar-refractivity contribution in [3.63, 3.8) is 0 Å². The van der Waals surface area contributed by atoms with Crippen LogP contribution in [0.25, 0.3) is 10.1 Å². The minimum Gasteiger partial charge on any atom is -0.481 e. The number of benzene rings is 1. The molecule has 1 aliphatic carbocycles. The third-order valence-electron chi connectivity index (χ3n) is 5.81. The van der Waals surface area contributed by atoms with Gasteiger partial charge in [0.2, 0.25) is 0 Å². The molecular weight excluding hydrogens is 370 g/mol. The molecule has 1 aliphatic heterocycles. The van der Waals surface area contributed by atoms with Crippen LogP contribution in [0.15, 0.2) is 29.6 Å². The Labute approximate surface area is 164 Å². The van der Waals surface area contributed by atoms with Crippen molar-refractivity contribution in [3.05, 3.63) is 35.2 Å². The molecule has 0 bridgehead atoms. The summed E-state index contributed by atoms with van der Waals surface area (Å²) >= 11 is 1.79. The predicted molar refractivity (Wildman–Crippen MR) is 108 cm³/mol. The molecule has 1 aromatic carbocycles. The van der Waals surface area contributed by atoms with Gasteiger partial charge in [0.05, 0.1) is 13.2 Å². The van der Waals surface area contributed by atoms with Crippen LogP contribution in [0.5, 0.6) is 0 Å². The molecule has 4 rings (SSSR count). The van der Waals surface area contributed by atoms with Gasteiger partial charge in [-0.05, 0) is 65.6 Å². The molecule has 4 nitrogen and oxygen atoms in total. The average Bonchev–Trinajstić information content (AvgIpc) is 3.09. The van der Waals surface area contributed by atoms with Crippen LogP contribution >= 0.6 is 23.7 Å². The quantitative estimate of drug-likeness (QED) is 0.834. The topological polar surface area (TPSA) is 49.8 Å². The van der Waals surface area contributed by atoms with Gasteiger partial charge in [-0.25, -0.2) is 0 Å². The maximum Gasteiger partial charge on any atom is 0.303 e. The first-order chi connectivity index (χ1) is 12.2. The molecule has 1 saturated carbocycles. The summed E-state index contributed by atoms with van der Waals surface area (Å²) in [6, 6.07) is 9.51. The molecule has 1 N–H and O–H groups in total. The van der Waals surface area contributed by atoms with E-state index in [1.165, 1.54) is 15.6 Å². The molecular formula is C20H26ClNO3S. The minimum absolute atomic E-state index is 0. The van der Waals surface area contributed by atoms with Gasteiger partial charge in [-0.3, -0.25) is 9.69 Å². The Kier molecular flexibility index (Phi) is 6.56. The average molecular weight is 396 g/mol. The SMILES string of the molecule is Cl.O=C(O)CC1CCC(c2ccc3sccc3c2)C(N2CCOCC2)C1. The Morgan fingerprint density at radius 3 is 2.81 bits per heavy atom. The summed E-state index contributed by atoms with van der Waals surface area (Å²) in [4.78, 5) is 13.7. The first-order valence-corrected chi connectivity index (χ1v) is 10.1. The van der Waals surface area contributed by atoms with Gasteiger partial charge in [0.15, 0.2) is 0 Å². The summed E-state index contributed by atoms with van der Waals surface area (Å²) in [5.74, 6) is 0.128. The molecule has 0 amide bonds. The second-order valence-corrected chi connectivity index (χ2v) is 8.26. The molecule has 1 aromatic heterocycles. The molecule has 2 aliphatic rings. The highest BCUT2D eigenvalue weighted by Crippen LogP contribution is 2.41. The standard InChI is InChI=1S/C20H25NO3S.ClH/c22-20(23)12-14-1-3-17(18(11-14)21-6-8-24-9-7-21)15-2-4-19-16(13-15)5-10-25-19;/h2,4-5,10,13-14,17-18H,1,3,6-9,11-12H2,(H,22,23);1H. The highest BCUT2D eigenvalue weighted by Gasteiger charge is 2.36. The second-order valence-electron chi connectivity index (χ2n) is 7.32. The monoisotopic (exact) mass is 395 g/mol. The van der Waals surface area contributed by atoms with E-state index in [9.17, 15) is 9.90 Å². The van der Waals surface area contributed by atoms with E-state index in [1.54, 1.807) is 11.3 Å². The first kappa shape index (κ1) is 19.6. The number of carboxylic acid groups (broad SMARTS) is 1. The minimum atomic E-state index is -0.663. The van der Waals surface area contributed by atoms with Crippen molar-refractivity contribution in [3.8, 4) is 0 Å². The number of thiophene rings is 1. The highest BCUT2D eigenvalue weighted by molar-refractivity contribution is 7.17. The molecule has 3 unspecified atom stereocenters. The number of aliphatic carboxylic acids is 1. The number of fused-ring (bicyclic) bond motifs is 1. The number of nitrogens with zero attached hydrogens (tertiary/aromatic N) is 1. The van der Waals surface area contributed by atoms with E-state index < -0.39 is 5.97 Å². The lowest BCUT2D eigenvalue weighted by Crippen LogP contribution is -2.48. The van der Waals surface area contributed by atoms with Crippen molar-refractivity contribution in [2.24, 2.45) is 5.92 Å². The lowest BCUT2D eigenvalue weighted by atomic mass is 9.73. The van der Waals surface area contributed by atoms with Crippen molar-refractivity contribution in [2.45, 2.75) is 37.6 Å². The van der Waals surface area contributed by atoms with Crippen molar-refractivity contribution in [1.29, 1.82) is 0 Å². The Hall–Kier alpha value is -1.14. The van der Waals surface area contributed by atoms with Crippen LogP contribution in [0, 0.1) is 5.92 Å². The summed E-state index contributed by atoms with van der Waals surface area (Å²) in [7, 11) is 0. The maximum absolute atomic E-state index is 11.2. The van der Waals surface area contributed by atoms with Gasteiger partial charge in [0, 0.05) is 30.3 Å². The first-order valence-electron chi connectivity index (χ1n) is 9.21. The number of hydrogen-bond donors (Lipinski definition) is 1. The van der Waals surface area contributed by atoms with E-state index in [1.807, 2.05) is 0 Å². The Morgan fingerprint density at radius 2 is 2.04 bits per heavy atom. The third-order valence-corrected chi connectivity index (χ3v) is 6.71. The fourth-order valence-electron chi connectivity index (χ4n) is 4.58. The molecule has 0 radical (unpaired) electrons. The summed E-state index contributed by atoms with van der Waals surface area (Å²) in [6.45, 7) is 3.50. The second kappa shape index (κ2) is 8.70. The van der Waals surface area contributed by atoms with Crippen LogP contribution in [-0.4, -0.2) is 48.3 Å². The fraction of sp³-hybridized carbons (Fsp3) is 0.550. The van der Waals surface area contributed by atoms with E-state index >= 15 is 0 Å². The third kappa shape index (κ3) is 4.22. The molecule has 6 heteroatoms. The summed E-state index contributed by atoms with van der Waals surface area (Å²) < 4.78 is 6.87. The van der Waals surface area contributed by atoms with Crippen LogP contribution in [-0.2, 0) is 9.53 Å². The zero-order chi connectivity index (χ0) is 17.2. The van der Waals surface area contributed by atoms with Gasteiger partial charge < -0.3 is 9.84 Å². The van der Waals surface area contributed by atoms with Crippen molar-refractivity contribution >= 4 is 39.8 Å². The number of ether oxygens (including phenoxy) is 1. The van der Waals surface area contributed by atoms with Crippen LogP contribution in [0.2, 0.25) is 0 Å². The smallest absolute Gasteiger partial charge is 0.303 e. The van der Waals surface area contributed by atoms with E-state index in [0.29, 0.717) is 24.3 Å². The molecule has 0 spiro atoms. The van der Waals surface area contributed by atoms with Crippen molar-refractivity contribution in [1.82, 2.24) is 4.90 Å². The summed E-state index contributed by atoms with van der Waals surface area (Å²) in [6.07, 6.45) is 3.38. The number of carbonyl (C=O) groups is 1. The molecule has 2 fully saturated rings. The lowest BCUT2D eigenvalue weighted by Gasteiger charge is -2.44. The number of morpholine rings is 1. The van der Waals surface area contributed by atoms with Crippen molar-refractivity contribution < 1.29 is 14.6 Å². The number of halogens is 1. The number of hydrogen-bond acceptors (Lipinski definition) is 4. The molecule has 142 valence electrons. The Morgan fingerprint density at radius 1 is 1.23 bits per heavy atom. The highest BCUT2D eigenvalue weighted by atomic mass is 35.5. The van der Waals surface area contributed by atoms with Crippen LogP contribution in [0.1, 0.15) is 37.2 Å². The van der Waals surface area contributed by atoms with Gasteiger partial charge in [-0.1, -0.05) is 6.07 Å². The zero-order valence-corrected chi connectivity index (χ0v) is 16.4. The maximum atomic E-state index is 11.2. The van der Waals surface area contributed by atoms with E-state index in [0.717, 1.165) is 45.6 Å². The van der Waals surface area contributed by atoms with Gasteiger partial charge in [-0.15, -0.1) is 23.7 Å². The zero-order valence-electron chi connectivity index (χ0n) is 14.8. The molecule has 2 aromatic rings. The van der Waals surface area contributed by atoms with Crippen LogP contribution < -0.4 is 0 Å². The van der Waals surface area contributed by atoms with Gasteiger partial charge in [-0.2, -0.15) is 0 Å². The largest absolute Gasteiger partial charge is 0.481 e. The van der Waals surface area contributed by atoms with E-state index in [-0.39, 0.29) is 12.4 Å². The molecule has 1 saturated heterocycles. The van der Waals surface area contributed by atoms with Gasteiger partial charge in [0.1, 0.15) is 0 Å². The van der Waals surface area contributed by atoms with Crippen LogP contribution in [0.4, 0.5) is 0 Å². The molecule has 2 heterocycles. The predicted octanol–water partition coefficient (Wildman–Crippen LogP) is 4.38. The summed E-state index contributed by atoms with van der Waals surface area (Å²) in [5.41, 5.74) is 1.41. The lowest BCUT2D eigenvalue weighted by molar-refractivity contribution is -0.138. The molecule has 3 atom stereocenters. The summed E-state index contributed by atoms with van der Waals surface area (Å²) in [5, 5.41) is 12.7. The van der Waals surface area contributed by atoms with Crippen LogP contribution in [0.3, 0.4) is 0 Å². The normalized spacial score (nSPS) is 27.2. The molecule has 26 heavy (non-hydrogen) atoms. The number of rotatable bonds is 4. The fourth-order valence-corrected chi connectivity index (χ4v) is 5.35. The van der Waals surface area contributed by atoms with E-state index in [2.05, 4.69) is 34.5 Å². The van der Waals surface area contributed by atoms with Gasteiger partial charge in [0.25, 0.3) is 0 Å². The van der Waals surface area contributed by atoms with E-state index in [4.69, 9.17) is 4.74 Å². The Balaban J connectivity index is 0.00000196.